The third-order valence-electron chi connectivity index (χ3n) is 3.41. The summed E-state index contributed by atoms with van der Waals surface area (Å²) < 4.78 is 0. The SMILES string of the molecule is CC.CC.c1ccc(C23CNCC2C3)cc1. The maximum Gasteiger partial charge on any atom is 0.0122 e. The number of hydrogen-bond acceptors (Lipinski definition) is 1. The van der Waals surface area contributed by atoms with Crippen molar-refractivity contribution in [3.8, 4) is 0 Å². The van der Waals surface area contributed by atoms with Gasteiger partial charge in [-0.15, -0.1) is 0 Å². The first kappa shape index (κ1) is 13.2. The number of hydrogen-bond donors (Lipinski definition) is 1. The fourth-order valence-electron chi connectivity index (χ4n) is 2.56. The molecule has 3 rings (SSSR count). The molecule has 1 aliphatic heterocycles. The largest absolute Gasteiger partial charge is 0.316 e. The number of fused-ring (bicyclic) bond motifs is 1. The van der Waals surface area contributed by atoms with Crippen molar-refractivity contribution in [1.82, 2.24) is 5.32 Å². The van der Waals surface area contributed by atoms with E-state index >= 15 is 0 Å². The monoisotopic (exact) mass is 219 g/mol. The predicted octanol–water partition coefficient (Wildman–Crippen LogP) is 3.60. The van der Waals surface area contributed by atoms with Crippen LogP contribution in [0.4, 0.5) is 0 Å². The lowest BCUT2D eigenvalue weighted by Gasteiger charge is -2.10. The summed E-state index contributed by atoms with van der Waals surface area (Å²) >= 11 is 0. The van der Waals surface area contributed by atoms with Crippen LogP contribution in [0.5, 0.6) is 0 Å². The molecule has 1 N–H and O–H groups in total. The van der Waals surface area contributed by atoms with Gasteiger partial charge in [0.1, 0.15) is 0 Å². The molecule has 90 valence electrons. The Hall–Kier alpha value is -0.820. The maximum absolute atomic E-state index is 3.46. The van der Waals surface area contributed by atoms with Gasteiger partial charge >= 0.3 is 0 Å². The van der Waals surface area contributed by atoms with E-state index in [-0.39, 0.29) is 0 Å². The highest BCUT2D eigenvalue weighted by molar-refractivity contribution is 5.36. The molecule has 0 spiro atoms. The Balaban J connectivity index is 0.000000291. The highest BCUT2D eigenvalue weighted by Crippen LogP contribution is 2.56. The molecule has 0 bridgehead atoms. The number of nitrogens with one attached hydrogen (secondary N) is 1. The van der Waals surface area contributed by atoms with Crippen LogP contribution >= 0.6 is 0 Å². The van der Waals surface area contributed by atoms with Crippen LogP contribution in [0, 0.1) is 5.92 Å². The quantitative estimate of drug-likeness (QED) is 0.761. The Morgan fingerprint density at radius 2 is 1.69 bits per heavy atom. The van der Waals surface area contributed by atoms with E-state index in [1.807, 2.05) is 27.7 Å². The molecule has 2 atom stereocenters. The van der Waals surface area contributed by atoms with E-state index in [9.17, 15) is 0 Å². The molecule has 1 aromatic carbocycles. The first-order valence-electron chi connectivity index (χ1n) is 6.68. The molecule has 1 saturated heterocycles. The highest BCUT2D eigenvalue weighted by atomic mass is 15.0. The first-order chi connectivity index (χ1) is 7.92. The lowest BCUT2D eigenvalue weighted by molar-refractivity contribution is 0.675. The Morgan fingerprint density at radius 1 is 1.06 bits per heavy atom. The van der Waals surface area contributed by atoms with Gasteiger partial charge in [-0.1, -0.05) is 58.0 Å². The number of benzene rings is 1. The summed E-state index contributed by atoms with van der Waals surface area (Å²) in [6.07, 6.45) is 1.41. The van der Waals surface area contributed by atoms with E-state index in [1.165, 1.54) is 19.5 Å². The number of rotatable bonds is 1. The molecular formula is C15H25N. The van der Waals surface area contributed by atoms with E-state index in [0.29, 0.717) is 5.41 Å². The Kier molecular flexibility index (Phi) is 5.01. The molecule has 16 heavy (non-hydrogen) atoms. The van der Waals surface area contributed by atoms with E-state index < -0.39 is 0 Å². The van der Waals surface area contributed by atoms with Gasteiger partial charge in [0.05, 0.1) is 0 Å². The number of piperidine rings is 1. The second kappa shape index (κ2) is 6.05. The highest BCUT2D eigenvalue weighted by Gasteiger charge is 2.57. The third kappa shape index (κ3) is 2.30. The average Bonchev–Trinajstić information content (AvgIpc) is 2.98. The normalized spacial score (nSPS) is 29.1. The summed E-state index contributed by atoms with van der Waals surface area (Å²) in [5.74, 6) is 0.930. The van der Waals surface area contributed by atoms with Crippen LogP contribution in [0.3, 0.4) is 0 Å². The minimum Gasteiger partial charge on any atom is -0.316 e. The molecule has 1 aromatic rings. The van der Waals surface area contributed by atoms with Gasteiger partial charge in [-0.2, -0.15) is 0 Å². The maximum atomic E-state index is 3.46. The molecule has 1 aliphatic carbocycles. The zero-order valence-electron chi connectivity index (χ0n) is 11.1. The predicted molar refractivity (Wildman–Crippen MR) is 71.8 cm³/mol. The van der Waals surface area contributed by atoms with Gasteiger partial charge in [0.15, 0.2) is 0 Å². The van der Waals surface area contributed by atoms with Crippen molar-refractivity contribution in [3.05, 3.63) is 35.9 Å². The van der Waals surface area contributed by atoms with Crippen LogP contribution < -0.4 is 5.32 Å². The second-order valence-electron chi connectivity index (χ2n) is 4.05. The molecule has 0 amide bonds. The third-order valence-corrected chi connectivity index (χ3v) is 3.41. The van der Waals surface area contributed by atoms with E-state index in [2.05, 4.69) is 35.6 Å². The van der Waals surface area contributed by atoms with Crippen LogP contribution in [-0.2, 0) is 5.41 Å². The fraction of sp³-hybridized carbons (Fsp3) is 0.600. The summed E-state index contributed by atoms with van der Waals surface area (Å²) in [5.41, 5.74) is 2.08. The Morgan fingerprint density at radius 3 is 2.12 bits per heavy atom. The van der Waals surface area contributed by atoms with Crippen LogP contribution in [0.1, 0.15) is 39.7 Å². The standard InChI is InChI=1S/C11H13N.2C2H6/c1-2-4-9(5-3-1)11-6-10(11)7-12-8-11;2*1-2/h1-5,10,12H,6-8H2;2*1-2H3. The average molecular weight is 219 g/mol. The van der Waals surface area contributed by atoms with Crippen LogP contribution in [-0.4, -0.2) is 13.1 Å². The minimum atomic E-state index is 0.543. The van der Waals surface area contributed by atoms with Crippen molar-refractivity contribution >= 4 is 0 Å². The van der Waals surface area contributed by atoms with Gasteiger partial charge in [0.25, 0.3) is 0 Å². The Bertz CT molecular complexity index is 294. The van der Waals surface area contributed by atoms with Gasteiger partial charge in [0.2, 0.25) is 0 Å². The molecular weight excluding hydrogens is 194 g/mol. The van der Waals surface area contributed by atoms with Crippen molar-refractivity contribution in [2.75, 3.05) is 13.1 Å². The smallest absolute Gasteiger partial charge is 0.0122 e. The minimum absolute atomic E-state index is 0.543. The summed E-state index contributed by atoms with van der Waals surface area (Å²) in [6, 6.07) is 10.9. The van der Waals surface area contributed by atoms with Crippen LogP contribution in [0.25, 0.3) is 0 Å². The molecule has 0 radical (unpaired) electrons. The molecule has 1 saturated carbocycles. The van der Waals surface area contributed by atoms with Gasteiger partial charge in [0, 0.05) is 12.0 Å². The van der Waals surface area contributed by atoms with Crippen molar-refractivity contribution in [3.63, 3.8) is 0 Å². The van der Waals surface area contributed by atoms with E-state index in [1.54, 1.807) is 5.56 Å². The summed E-state index contributed by atoms with van der Waals surface area (Å²) in [6.45, 7) is 10.4. The van der Waals surface area contributed by atoms with Gasteiger partial charge in [-0.25, -0.2) is 0 Å². The van der Waals surface area contributed by atoms with Crippen LogP contribution in [0.2, 0.25) is 0 Å². The van der Waals surface area contributed by atoms with Crippen molar-refractivity contribution in [2.24, 2.45) is 5.92 Å². The molecule has 1 heterocycles. The molecule has 0 aromatic heterocycles. The van der Waals surface area contributed by atoms with E-state index in [4.69, 9.17) is 0 Å². The zero-order chi connectivity index (χ0) is 12.0. The Labute approximate surface area is 100 Å². The molecule has 1 nitrogen and oxygen atoms in total. The summed E-state index contributed by atoms with van der Waals surface area (Å²) in [4.78, 5) is 0. The summed E-state index contributed by atoms with van der Waals surface area (Å²) in [7, 11) is 0. The van der Waals surface area contributed by atoms with E-state index in [0.717, 1.165) is 5.92 Å². The van der Waals surface area contributed by atoms with Crippen molar-refractivity contribution < 1.29 is 0 Å². The topological polar surface area (TPSA) is 12.0 Å². The molecule has 2 aliphatic rings. The first-order valence-corrected chi connectivity index (χ1v) is 6.68. The van der Waals surface area contributed by atoms with Gasteiger partial charge in [-0.05, 0) is 24.4 Å². The molecule has 1 heteroatoms. The van der Waals surface area contributed by atoms with Crippen LogP contribution in [0.15, 0.2) is 30.3 Å². The summed E-state index contributed by atoms with van der Waals surface area (Å²) in [5, 5.41) is 3.46. The second-order valence-corrected chi connectivity index (χ2v) is 4.05. The fourth-order valence-corrected chi connectivity index (χ4v) is 2.56. The van der Waals surface area contributed by atoms with Gasteiger partial charge < -0.3 is 5.32 Å². The van der Waals surface area contributed by atoms with Crippen molar-refractivity contribution in [2.45, 2.75) is 39.5 Å². The molecule has 2 fully saturated rings. The van der Waals surface area contributed by atoms with Crippen molar-refractivity contribution in [1.29, 1.82) is 0 Å². The lowest BCUT2D eigenvalue weighted by Crippen LogP contribution is -2.18. The lowest BCUT2D eigenvalue weighted by atomic mass is 9.95. The molecule has 2 unspecified atom stereocenters. The zero-order valence-corrected chi connectivity index (χ0v) is 11.1. The van der Waals surface area contributed by atoms with Gasteiger partial charge in [-0.3, -0.25) is 0 Å².